The predicted octanol–water partition coefficient (Wildman–Crippen LogP) is 3.46. The summed E-state index contributed by atoms with van der Waals surface area (Å²) in [7, 11) is 0. The third-order valence-electron chi connectivity index (χ3n) is 2.29. The summed E-state index contributed by atoms with van der Waals surface area (Å²) in [6, 6.07) is 7.51. The fourth-order valence-corrected chi connectivity index (χ4v) is 1.64. The van der Waals surface area contributed by atoms with Crippen LogP contribution in [-0.2, 0) is 0 Å². The first-order valence-corrected chi connectivity index (χ1v) is 5.15. The molecule has 1 unspecified atom stereocenters. The van der Waals surface area contributed by atoms with Gasteiger partial charge in [0.25, 0.3) is 0 Å². The number of aliphatic hydroxyl groups excluding tert-OH is 1. The summed E-state index contributed by atoms with van der Waals surface area (Å²) in [4.78, 5) is 0. The van der Waals surface area contributed by atoms with E-state index >= 15 is 0 Å². The fourth-order valence-electron chi connectivity index (χ4n) is 1.45. The highest BCUT2D eigenvalue weighted by Gasteiger charge is 2.15. The second kappa shape index (κ2) is 4.28. The number of hydrogen-bond acceptors (Lipinski definition) is 2. The number of rotatable bonds is 2. The zero-order chi connectivity index (χ0) is 11.7. The molecule has 0 saturated carbocycles. The lowest BCUT2D eigenvalue weighted by Crippen LogP contribution is -1.98. The van der Waals surface area contributed by atoms with Gasteiger partial charge in [-0.3, -0.25) is 0 Å². The number of furan rings is 1. The quantitative estimate of drug-likeness (QED) is 0.872. The molecule has 0 radical (unpaired) electrons. The Morgan fingerprint density at radius 1 is 1.31 bits per heavy atom. The Bertz CT molecular complexity index is 507. The molecule has 0 bridgehead atoms. The lowest BCUT2D eigenvalue weighted by Gasteiger charge is -2.08. The molecule has 2 rings (SSSR count). The van der Waals surface area contributed by atoms with Crippen molar-refractivity contribution in [3.63, 3.8) is 0 Å². The average Bonchev–Trinajstić information content (AvgIpc) is 2.68. The Hall–Kier alpha value is -1.32. The van der Waals surface area contributed by atoms with Crippen LogP contribution in [0.5, 0.6) is 0 Å². The van der Waals surface area contributed by atoms with Crippen molar-refractivity contribution in [2.45, 2.75) is 13.0 Å². The number of aliphatic hydroxyl groups is 1. The number of aryl methyl sites for hydroxylation is 1. The molecule has 0 spiro atoms. The van der Waals surface area contributed by atoms with Crippen LogP contribution in [0.15, 0.2) is 34.7 Å². The van der Waals surface area contributed by atoms with Crippen molar-refractivity contribution in [3.8, 4) is 0 Å². The van der Waals surface area contributed by atoms with E-state index in [4.69, 9.17) is 16.0 Å². The van der Waals surface area contributed by atoms with Crippen molar-refractivity contribution in [3.05, 3.63) is 58.3 Å². The molecule has 1 atom stereocenters. The first kappa shape index (κ1) is 11.2. The van der Waals surface area contributed by atoms with E-state index in [9.17, 15) is 9.50 Å². The third kappa shape index (κ3) is 2.10. The minimum atomic E-state index is -0.924. The summed E-state index contributed by atoms with van der Waals surface area (Å²) in [5, 5.41) is 9.93. The maximum absolute atomic E-state index is 12.9. The van der Waals surface area contributed by atoms with Crippen LogP contribution in [-0.4, -0.2) is 5.11 Å². The smallest absolute Gasteiger partial charge is 0.141 e. The second-order valence-corrected chi connectivity index (χ2v) is 3.93. The Balaban J connectivity index is 2.33. The van der Waals surface area contributed by atoms with Gasteiger partial charge in [-0.15, -0.1) is 0 Å². The zero-order valence-corrected chi connectivity index (χ0v) is 9.33. The molecular weight excluding hydrogens is 231 g/mol. The highest BCUT2D eigenvalue weighted by atomic mass is 35.5. The van der Waals surface area contributed by atoms with Crippen LogP contribution >= 0.6 is 11.6 Å². The third-order valence-corrected chi connectivity index (χ3v) is 2.58. The van der Waals surface area contributed by atoms with Crippen LogP contribution in [0.1, 0.15) is 23.2 Å². The maximum Gasteiger partial charge on any atom is 0.141 e. The summed E-state index contributed by atoms with van der Waals surface area (Å²) in [5.74, 6) is 0.621. The van der Waals surface area contributed by atoms with Crippen LogP contribution < -0.4 is 0 Å². The van der Waals surface area contributed by atoms with Gasteiger partial charge in [-0.05, 0) is 36.8 Å². The second-order valence-electron chi connectivity index (χ2n) is 3.52. The molecule has 2 nitrogen and oxygen atoms in total. The average molecular weight is 241 g/mol. The van der Waals surface area contributed by atoms with Gasteiger partial charge >= 0.3 is 0 Å². The molecule has 0 saturated heterocycles. The molecule has 1 aromatic carbocycles. The van der Waals surface area contributed by atoms with Gasteiger partial charge in [-0.2, -0.15) is 0 Å². The molecule has 0 fully saturated rings. The van der Waals surface area contributed by atoms with Crippen molar-refractivity contribution in [1.29, 1.82) is 0 Å². The molecule has 2 aromatic rings. The van der Waals surface area contributed by atoms with Gasteiger partial charge in [0, 0.05) is 0 Å². The molecule has 0 amide bonds. The molecule has 4 heteroatoms. The van der Waals surface area contributed by atoms with Gasteiger partial charge < -0.3 is 9.52 Å². The van der Waals surface area contributed by atoms with Gasteiger partial charge in [0.2, 0.25) is 0 Å². The van der Waals surface area contributed by atoms with Crippen LogP contribution in [0, 0.1) is 12.7 Å². The predicted molar refractivity (Wildman–Crippen MR) is 58.9 cm³/mol. The van der Waals surface area contributed by atoms with Gasteiger partial charge in [0.1, 0.15) is 23.4 Å². The Morgan fingerprint density at radius 2 is 2.06 bits per heavy atom. The largest absolute Gasteiger partial charge is 0.463 e. The molecule has 1 heterocycles. The van der Waals surface area contributed by atoms with E-state index in [1.54, 1.807) is 19.1 Å². The molecule has 0 aliphatic rings. The van der Waals surface area contributed by atoms with Crippen LogP contribution in [0.4, 0.5) is 4.39 Å². The fraction of sp³-hybridized carbons (Fsp3) is 0.167. The topological polar surface area (TPSA) is 33.4 Å². The summed E-state index contributed by atoms with van der Waals surface area (Å²) < 4.78 is 18.2. The summed E-state index contributed by atoms with van der Waals surface area (Å²) in [6.07, 6.45) is -0.924. The summed E-state index contributed by atoms with van der Waals surface area (Å²) >= 11 is 5.63. The molecule has 84 valence electrons. The van der Waals surface area contributed by atoms with Crippen LogP contribution in [0.2, 0.25) is 5.02 Å². The van der Waals surface area contributed by atoms with E-state index in [0.29, 0.717) is 17.1 Å². The van der Waals surface area contributed by atoms with Crippen molar-refractivity contribution in [2.24, 2.45) is 0 Å². The van der Waals surface area contributed by atoms with Gasteiger partial charge in [0.05, 0.1) is 5.02 Å². The standard InChI is InChI=1S/C12H10ClFO2/c1-7-2-5-11(16-7)12(15)8-3-4-10(14)9(13)6-8/h2-6,12,15H,1H3. The lowest BCUT2D eigenvalue weighted by molar-refractivity contribution is 0.187. The van der Waals surface area contributed by atoms with Crippen molar-refractivity contribution < 1.29 is 13.9 Å². The first-order valence-electron chi connectivity index (χ1n) is 4.77. The van der Waals surface area contributed by atoms with E-state index in [0.717, 1.165) is 0 Å². The molecule has 16 heavy (non-hydrogen) atoms. The van der Waals surface area contributed by atoms with Crippen LogP contribution in [0.3, 0.4) is 0 Å². The van der Waals surface area contributed by atoms with Crippen molar-refractivity contribution >= 4 is 11.6 Å². The van der Waals surface area contributed by atoms with E-state index in [-0.39, 0.29) is 5.02 Å². The van der Waals surface area contributed by atoms with Crippen molar-refractivity contribution in [2.75, 3.05) is 0 Å². The Kier molecular flexibility index (Phi) is 2.99. The summed E-state index contributed by atoms with van der Waals surface area (Å²) in [6.45, 7) is 1.79. The Morgan fingerprint density at radius 3 is 2.62 bits per heavy atom. The molecule has 0 aliphatic carbocycles. The van der Waals surface area contributed by atoms with E-state index < -0.39 is 11.9 Å². The normalized spacial score (nSPS) is 12.8. The van der Waals surface area contributed by atoms with Gasteiger partial charge in [-0.25, -0.2) is 4.39 Å². The zero-order valence-electron chi connectivity index (χ0n) is 8.58. The van der Waals surface area contributed by atoms with E-state index in [1.165, 1.54) is 18.2 Å². The molecule has 0 aliphatic heterocycles. The molecule has 1 N–H and O–H groups in total. The van der Waals surface area contributed by atoms with E-state index in [2.05, 4.69) is 0 Å². The van der Waals surface area contributed by atoms with Crippen LogP contribution in [0.25, 0.3) is 0 Å². The first-order chi connectivity index (χ1) is 7.58. The van der Waals surface area contributed by atoms with Crippen molar-refractivity contribution in [1.82, 2.24) is 0 Å². The Labute approximate surface area is 97.3 Å². The lowest BCUT2D eigenvalue weighted by atomic mass is 10.1. The maximum atomic E-state index is 12.9. The number of hydrogen-bond donors (Lipinski definition) is 1. The van der Waals surface area contributed by atoms with E-state index in [1.807, 2.05) is 0 Å². The summed E-state index contributed by atoms with van der Waals surface area (Å²) in [5.41, 5.74) is 0.501. The monoisotopic (exact) mass is 240 g/mol. The highest BCUT2D eigenvalue weighted by Crippen LogP contribution is 2.26. The molecule has 1 aromatic heterocycles. The van der Waals surface area contributed by atoms with Gasteiger partial charge in [0.15, 0.2) is 0 Å². The SMILES string of the molecule is Cc1ccc(C(O)c2ccc(F)c(Cl)c2)o1. The minimum Gasteiger partial charge on any atom is -0.463 e. The highest BCUT2D eigenvalue weighted by molar-refractivity contribution is 6.30. The van der Waals surface area contributed by atoms with Gasteiger partial charge in [-0.1, -0.05) is 17.7 Å². The molecular formula is C12H10ClFO2. The minimum absolute atomic E-state index is 0.0140. The number of benzene rings is 1. The number of halogens is 2.